The van der Waals surface area contributed by atoms with Crippen LogP contribution < -0.4 is 10.5 Å². The molecular formula is C7H9NO7S2. The van der Waals surface area contributed by atoms with Gasteiger partial charge in [0, 0.05) is 5.69 Å². The normalized spacial score (nSPS) is 11.5. The van der Waals surface area contributed by atoms with Crippen molar-refractivity contribution >= 4 is 27.8 Å². The number of methoxy groups -OCH3 is 1. The number of nitrogens with two attached hydrogens (primary N) is 1. The van der Waals surface area contributed by atoms with Crippen LogP contribution in [0.1, 0.15) is 0 Å². The quantitative estimate of drug-likeness (QED) is 0.238. The van der Waals surface area contributed by atoms with Gasteiger partial charge in [-0.1, -0.05) is 5.04 Å². The standard InChI is InChI=1S/C7H9NO7S2/c1-13-5-3-6(16-15-14-9)4(8)2-7(5)17(10,11)12/h2-3,9H,8H2,1H3,(H,10,11,12). The fourth-order valence-corrected chi connectivity index (χ4v) is 2.13. The summed E-state index contributed by atoms with van der Waals surface area (Å²) in [6.45, 7) is 0. The molecule has 1 aromatic carbocycles. The van der Waals surface area contributed by atoms with Crippen molar-refractivity contribution in [2.45, 2.75) is 9.79 Å². The number of hydrogen-bond acceptors (Lipinski definition) is 8. The van der Waals surface area contributed by atoms with E-state index in [1.807, 2.05) is 0 Å². The Bertz CT molecular complexity index is 501. The van der Waals surface area contributed by atoms with E-state index in [1.54, 1.807) is 0 Å². The lowest BCUT2D eigenvalue weighted by Crippen LogP contribution is -2.03. The molecule has 0 aliphatic rings. The Morgan fingerprint density at radius 2 is 2.06 bits per heavy atom. The molecular weight excluding hydrogens is 274 g/mol. The number of ether oxygens (including phenoxy) is 1. The van der Waals surface area contributed by atoms with Crippen LogP contribution in [0.15, 0.2) is 21.9 Å². The lowest BCUT2D eigenvalue weighted by atomic mass is 10.3. The van der Waals surface area contributed by atoms with Crippen LogP contribution in [-0.4, -0.2) is 25.3 Å². The molecule has 1 aromatic rings. The van der Waals surface area contributed by atoms with Gasteiger partial charge in [-0.25, -0.2) is 5.26 Å². The van der Waals surface area contributed by atoms with Crippen molar-refractivity contribution in [2.75, 3.05) is 12.8 Å². The van der Waals surface area contributed by atoms with Crippen molar-refractivity contribution in [1.82, 2.24) is 0 Å². The monoisotopic (exact) mass is 283 g/mol. The molecule has 0 fully saturated rings. The Morgan fingerprint density at radius 1 is 1.41 bits per heavy atom. The smallest absolute Gasteiger partial charge is 0.298 e. The van der Waals surface area contributed by atoms with Gasteiger partial charge in [0.2, 0.25) is 0 Å². The van der Waals surface area contributed by atoms with E-state index in [9.17, 15) is 8.42 Å². The molecule has 0 atom stereocenters. The van der Waals surface area contributed by atoms with Gasteiger partial charge in [0.25, 0.3) is 10.1 Å². The van der Waals surface area contributed by atoms with Crippen molar-refractivity contribution < 1.29 is 32.3 Å². The molecule has 4 N–H and O–H groups in total. The van der Waals surface area contributed by atoms with Crippen molar-refractivity contribution in [3.8, 4) is 5.75 Å². The van der Waals surface area contributed by atoms with Crippen LogP contribution in [0.3, 0.4) is 0 Å². The zero-order valence-electron chi connectivity index (χ0n) is 8.48. The maximum atomic E-state index is 11.0. The molecule has 0 aromatic heterocycles. The predicted octanol–water partition coefficient (Wildman–Crippen LogP) is 0.952. The van der Waals surface area contributed by atoms with Crippen LogP contribution in [0, 0.1) is 0 Å². The first-order chi connectivity index (χ1) is 7.90. The molecule has 0 bridgehead atoms. The van der Waals surface area contributed by atoms with Crippen LogP contribution in [0.5, 0.6) is 5.75 Å². The highest BCUT2D eigenvalue weighted by Gasteiger charge is 2.19. The summed E-state index contributed by atoms with van der Waals surface area (Å²) >= 11 is 0.542. The van der Waals surface area contributed by atoms with Crippen LogP contribution in [0.4, 0.5) is 5.69 Å². The summed E-state index contributed by atoms with van der Waals surface area (Å²) in [6.07, 6.45) is 0. The van der Waals surface area contributed by atoms with Gasteiger partial charge in [-0.15, -0.1) is 4.33 Å². The van der Waals surface area contributed by atoms with Gasteiger partial charge < -0.3 is 10.5 Å². The zero-order valence-corrected chi connectivity index (χ0v) is 10.1. The van der Waals surface area contributed by atoms with Crippen LogP contribution >= 0.6 is 12.0 Å². The topological polar surface area (TPSA) is 128 Å². The molecule has 10 heteroatoms. The van der Waals surface area contributed by atoms with Gasteiger partial charge in [0.15, 0.2) is 0 Å². The highest BCUT2D eigenvalue weighted by molar-refractivity contribution is 7.94. The average molecular weight is 283 g/mol. The number of nitrogen functional groups attached to an aromatic ring is 1. The van der Waals surface area contributed by atoms with E-state index in [0.29, 0.717) is 12.0 Å². The molecule has 1 rings (SSSR count). The summed E-state index contributed by atoms with van der Waals surface area (Å²) in [5.41, 5.74) is 5.51. The second-order valence-electron chi connectivity index (χ2n) is 2.74. The van der Waals surface area contributed by atoms with Gasteiger partial charge in [0.05, 0.1) is 24.0 Å². The third kappa shape index (κ3) is 3.46. The fourth-order valence-electron chi connectivity index (χ4n) is 1.04. The first kappa shape index (κ1) is 14.0. The third-order valence-electron chi connectivity index (χ3n) is 1.73. The molecule has 96 valence electrons. The summed E-state index contributed by atoms with van der Waals surface area (Å²) in [4.78, 5) is -0.227. The third-order valence-corrected chi connectivity index (χ3v) is 3.27. The minimum atomic E-state index is -4.44. The van der Waals surface area contributed by atoms with E-state index >= 15 is 0 Å². The van der Waals surface area contributed by atoms with Gasteiger partial charge in [-0.3, -0.25) is 4.55 Å². The Hall–Kier alpha value is -1.04. The van der Waals surface area contributed by atoms with Gasteiger partial charge in [0.1, 0.15) is 10.6 Å². The molecule has 8 nitrogen and oxygen atoms in total. The molecule has 0 heterocycles. The highest BCUT2D eigenvalue weighted by atomic mass is 32.2. The van der Waals surface area contributed by atoms with Gasteiger partial charge >= 0.3 is 0 Å². The lowest BCUT2D eigenvalue weighted by molar-refractivity contribution is -0.432. The summed E-state index contributed by atoms with van der Waals surface area (Å²) in [6, 6.07) is 2.21. The fraction of sp³-hybridized carbons (Fsp3) is 0.143. The van der Waals surface area contributed by atoms with E-state index in [-0.39, 0.29) is 16.3 Å². The van der Waals surface area contributed by atoms with E-state index in [4.69, 9.17) is 20.3 Å². The van der Waals surface area contributed by atoms with E-state index in [1.165, 1.54) is 13.2 Å². The first-order valence-electron chi connectivity index (χ1n) is 4.00. The number of hydrogen-bond donors (Lipinski definition) is 3. The number of anilines is 1. The van der Waals surface area contributed by atoms with Crippen molar-refractivity contribution in [2.24, 2.45) is 0 Å². The molecule has 0 aliphatic carbocycles. The number of rotatable bonds is 5. The SMILES string of the molecule is COc1cc(SOOO)c(N)cc1S(=O)(=O)O. The van der Waals surface area contributed by atoms with Gasteiger partial charge in [-0.05, 0) is 12.1 Å². The largest absolute Gasteiger partial charge is 0.495 e. The molecule has 0 saturated heterocycles. The van der Waals surface area contributed by atoms with Gasteiger partial charge in [-0.2, -0.15) is 8.42 Å². The Labute approximate surface area is 101 Å². The molecule has 0 saturated carbocycles. The molecule has 0 spiro atoms. The van der Waals surface area contributed by atoms with Crippen molar-refractivity contribution in [3.05, 3.63) is 12.1 Å². The number of benzene rings is 1. The van der Waals surface area contributed by atoms with E-state index in [2.05, 4.69) is 9.37 Å². The maximum Gasteiger partial charge on any atom is 0.298 e. The Balaban J connectivity index is 3.25. The summed E-state index contributed by atoms with van der Waals surface area (Å²) < 4.78 is 39.9. The minimum absolute atomic E-state index is 0.000440. The first-order valence-corrected chi connectivity index (χ1v) is 6.18. The molecule has 0 amide bonds. The van der Waals surface area contributed by atoms with E-state index in [0.717, 1.165) is 6.07 Å². The summed E-state index contributed by atoms with van der Waals surface area (Å²) in [5.74, 6) is -0.120. The van der Waals surface area contributed by atoms with E-state index < -0.39 is 15.0 Å². The van der Waals surface area contributed by atoms with Crippen LogP contribution in [0.25, 0.3) is 0 Å². The summed E-state index contributed by atoms with van der Waals surface area (Å²) in [5, 5.41) is 11.3. The summed E-state index contributed by atoms with van der Waals surface area (Å²) in [7, 11) is -3.22. The zero-order chi connectivity index (χ0) is 13.1. The predicted molar refractivity (Wildman–Crippen MR) is 57.9 cm³/mol. The lowest BCUT2D eigenvalue weighted by Gasteiger charge is -2.09. The Kier molecular flexibility index (Phi) is 4.56. The average Bonchev–Trinajstić information content (AvgIpc) is 2.25. The minimum Gasteiger partial charge on any atom is -0.495 e. The van der Waals surface area contributed by atoms with Crippen LogP contribution in [0.2, 0.25) is 0 Å². The maximum absolute atomic E-state index is 11.0. The molecule has 0 radical (unpaired) electrons. The molecule has 17 heavy (non-hydrogen) atoms. The molecule has 0 unspecified atom stereocenters. The Morgan fingerprint density at radius 3 is 2.53 bits per heavy atom. The van der Waals surface area contributed by atoms with Crippen molar-refractivity contribution in [3.63, 3.8) is 0 Å². The second-order valence-corrected chi connectivity index (χ2v) is 4.87. The van der Waals surface area contributed by atoms with Crippen LogP contribution in [-0.2, 0) is 19.5 Å². The van der Waals surface area contributed by atoms with Crippen molar-refractivity contribution in [1.29, 1.82) is 0 Å². The highest BCUT2D eigenvalue weighted by Crippen LogP contribution is 2.34. The second kappa shape index (κ2) is 5.53. The molecule has 0 aliphatic heterocycles.